The maximum Gasteiger partial charge on any atom is 0.240 e. The van der Waals surface area contributed by atoms with Crippen molar-refractivity contribution in [3.8, 4) is 0 Å². The first-order chi connectivity index (χ1) is 11.0. The lowest BCUT2D eigenvalue weighted by molar-refractivity contribution is -0.141. The summed E-state index contributed by atoms with van der Waals surface area (Å²) in [4.78, 5) is 27.2. The van der Waals surface area contributed by atoms with Crippen molar-refractivity contribution >= 4 is 17.5 Å². The summed E-state index contributed by atoms with van der Waals surface area (Å²) in [5, 5.41) is 3.04. The molecule has 1 N–H and O–H groups in total. The van der Waals surface area contributed by atoms with Crippen LogP contribution in [0.15, 0.2) is 18.2 Å². The third-order valence-electron chi connectivity index (χ3n) is 4.77. The fraction of sp³-hybridized carbons (Fsp3) is 0.579. The van der Waals surface area contributed by atoms with E-state index in [9.17, 15) is 9.59 Å². The quantitative estimate of drug-likeness (QED) is 0.782. The number of para-hydroxylation sites is 1. The number of carbonyl (C=O) groups excluding carboxylic acids is 2. The topological polar surface area (TPSA) is 49.4 Å². The average molecular weight is 316 g/mol. The largest absolute Gasteiger partial charge is 0.345 e. The van der Waals surface area contributed by atoms with E-state index in [4.69, 9.17) is 0 Å². The Morgan fingerprint density at radius 1 is 1.26 bits per heavy atom. The molecule has 0 aromatic heterocycles. The van der Waals surface area contributed by atoms with Crippen LogP contribution < -0.4 is 5.32 Å². The summed E-state index contributed by atoms with van der Waals surface area (Å²) in [6.45, 7) is 6.88. The highest BCUT2D eigenvalue weighted by Gasteiger charge is 2.57. The Labute approximate surface area is 139 Å². The number of carbonyl (C=O) groups is 2. The van der Waals surface area contributed by atoms with E-state index in [2.05, 4.69) is 19.2 Å². The molecule has 0 bridgehead atoms. The molecule has 1 aromatic carbocycles. The molecule has 0 aliphatic heterocycles. The van der Waals surface area contributed by atoms with Crippen LogP contribution >= 0.6 is 0 Å². The van der Waals surface area contributed by atoms with Gasteiger partial charge in [0.15, 0.2) is 0 Å². The number of rotatable bonds is 7. The number of aryl methyl sites for hydroxylation is 2. The molecule has 2 amide bonds. The summed E-state index contributed by atoms with van der Waals surface area (Å²) in [6.07, 6.45) is 4.18. The molecule has 4 nitrogen and oxygen atoms in total. The van der Waals surface area contributed by atoms with E-state index >= 15 is 0 Å². The number of hydrogen-bond donors (Lipinski definition) is 1. The second-order valence-corrected chi connectivity index (χ2v) is 6.58. The van der Waals surface area contributed by atoms with Gasteiger partial charge in [-0.2, -0.15) is 0 Å². The summed E-state index contributed by atoms with van der Waals surface area (Å²) < 4.78 is 0. The number of unbranched alkanes of at least 4 members (excludes halogenated alkanes) is 1. The lowest BCUT2D eigenvalue weighted by Crippen LogP contribution is -2.41. The Morgan fingerprint density at radius 3 is 2.52 bits per heavy atom. The van der Waals surface area contributed by atoms with Crippen LogP contribution in [0.3, 0.4) is 0 Å². The molecule has 0 unspecified atom stereocenters. The third-order valence-corrected chi connectivity index (χ3v) is 4.77. The fourth-order valence-corrected chi connectivity index (χ4v) is 2.96. The van der Waals surface area contributed by atoms with Gasteiger partial charge in [0, 0.05) is 19.3 Å². The average Bonchev–Trinajstić information content (AvgIpc) is 3.35. The molecule has 1 aliphatic carbocycles. The normalized spacial score (nSPS) is 15.1. The van der Waals surface area contributed by atoms with E-state index in [0.717, 1.165) is 42.6 Å². The van der Waals surface area contributed by atoms with Gasteiger partial charge < -0.3 is 10.2 Å². The van der Waals surface area contributed by atoms with E-state index in [-0.39, 0.29) is 11.8 Å². The van der Waals surface area contributed by atoms with Crippen LogP contribution in [0.1, 0.15) is 50.7 Å². The molecular weight excluding hydrogens is 288 g/mol. The first-order valence-electron chi connectivity index (χ1n) is 8.61. The van der Waals surface area contributed by atoms with Gasteiger partial charge in [-0.15, -0.1) is 0 Å². The molecule has 126 valence electrons. The smallest absolute Gasteiger partial charge is 0.240 e. The maximum atomic E-state index is 12.8. The number of benzene rings is 1. The molecule has 1 fully saturated rings. The molecule has 1 aromatic rings. The molecule has 0 spiro atoms. The first kappa shape index (κ1) is 17.5. The molecule has 1 saturated carbocycles. The zero-order valence-electron chi connectivity index (χ0n) is 14.7. The molecule has 2 rings (SSSR count). The van der Waals surface area contributed by atoms with Crippen LogP contribution in [0, 0.1) is 12.3 Å². The lowest BCUT2D eigenvalue weighted by atomic mass is 10.0. The second-order valence-electron chi connectivity index (χ2n) is 6.58. The monoisotopic (exact) mass is 316 g/mol. The predicted molar refractivity (Wildman–Crippen MR) is 93.4 cm³/mol. The molecular formula is C19H28N2O2. The van der Waals surface area contributed by atoms with Crippen molar-refractivity contribution in [2.75, 3.05) is 18.9 Å². The molecule has 0 saturated heterocycles. The minimum Gasteiger partial charge on any atom is -0.345 e. The van der Waals surface area contributed by atoms with E-state index in [1.807, 2.05) is 25.1 Å². The van der Waals surface area contributed by atoms with Crippen LogP contribution in [0.5, 0.6) is 0 Å². The lowest BCUT2D eigenvalue weighted by Gasteiger charge is -2.23. The Balaban J connectivity index is 2.13. The molecule has 0 atom stereocenters. The van der Waals surface area contributed by atoms with Crippen molar-refractivity contribution in [1.29, 1.82) is 0 Å². The number of hydrogen-bond acceptors (Lipinski definition) is 2. The summed E-state index contributed by atoms with van der Waals surface area (Å²) in [7, 11) is 1.80. The van der Waals surface area contributed by atoms with E-state index in [1.54, 1.807) is 11.9 Å². The Kier molecular flexibility index (Phi) is 5.45. The Morgan fingerprint density at radius 2 is 1.96 bits per heavy atom. The van der Waals surface area contributed by atoms with Gasteiger partial charge in [0.25, 0.3) is 0 Å². The van der Waals surface area contributed by atoms with Crippen LogP contribution in [0.2, 0.25) is 0 Å². The van der Waals surface area contributed by atoms with Crippen molar-refractivity contribution in [3.05, 3.63) is 29.3 Å². The van der Waals surface area contributed by atoms with Gasteiger partial charge in [0.05, 0.1) is 0 Å². The number of anilines is 1. The van der Waals surface area contributed by atoms with Crippen LogP contribution in [0.4, 0.5) is 5.69 Å². The molecule has 23 heavy (non-hydrogen) atoms. The van der Waals surface area contributed by atoms with E-state index in [1.165, 1.54) is 0 Å². The molecule has 0 heterocycles. The first-order valence-corrected chi connectivity index (χ1v) is 8.61. The second kappa shape index (κ2) is 7.16. The van der Waals surface area contributed by atoms with Gasteiger partial charge in [0.2, 0.25) is 11.8 Å². The van der Waals surface area contributed by atoms with E-state index in [0.29, 0.717) is 12.8 Å². The van der Waals surface area contributed by atoms with Crippen molar-refractivity contribution in [1.82, 2.24) is 4.90 Å². The predicted octanol–water partition coefficient (Wildman–Crippen LogP) is 3.53. The zero-order chi connectivity index (χ0) is 17.0. The maximum absolute atomic E-state index is 12.8. The van der Waals surface area contributed by atoms with Gasteiger partial charge in [-0.3, -0.25) is 9.59 Å². The van der Waals surface area contributed by atoms with Crippen LogP contribution in [-0.4, -0.2) is 30.3 Å². The number of nitrogens with one attached hydrogen (secondary N) is 1. The van der Waals surface area contributed by atoms with E-state index < -0.39 is 5.41 Å². The van der Waals surface area contributed by atoms with Crippen LogP contribution in [0.25, 0.3) is 0 Å². The molecule has 4 heteroatoms. The standard InChI is InChI=1S/C19H28N2O2/c1-5-7-13-21(4)18(23)19(11-12-19)17(22)20-16-14(3)9-8-10-15(16)6-2/h8-10H,5-7,11-13H2,1-4H3,(H,20,22). The minimum atomic E-state index is -0.838. The molecule has 1 aliphatic rings. The third kappa shape index (κ3) is 3.57. The Hall–Kier alpha value is -1.84. The summed E-state index contributed by atoms with van der Waals surface area (Å²) in [5.74, 6) is -0.176. The highest BCUT2D eigenvalue weighted by Crippen LogP contribution is 2.48. The summed E-state index contributed by atoms with van der Waals surface area (Å²) in [5.41, 5.74) is 2.19. The van der Waals surface area contributed by atoms with Crippen LogP contribution in [-0.2, 0) is 16.0 Å². The number of nitrogens with zero attached hydrogens (tertiary/aromatic N) is 1. The van der Waals surface area contributed by atoms with Gasteiger partial charge >= 0.3 is 0 Å². The van der Waals surface area contributed by atoms with Crippen molar-refractivity contribution in [2.45, 2.75) is 52.9 Å². The highest BCUT2D eigenvalue weighted by atomic mass is 16.2. The van der Waals surface area contributed by atoms with Crippen molar-refractivity contribution in [2.24, 2.45) is 5.41 Å². The summed E-state index contributed by atoms with van der Waals surface area (Å²) in [6, 6.07) is 6.02. The fourth-order valence-electron chi connectivity index (χ4n) is 2.96. The van der Waals surface area contributed by atoms with Gasteiger partial charge in [-0.25, -0.2) is 0 Å². The minimum absolute atomic E-state index is 0.0323. The van der Waals surface area contributed by atoms with Gasteiger partial charge in [0.1, 0.15) is 5.41 Å². The van der Waals surface area contributed by atoms with Crippen molar-refractivity contribution in [3.63, 3.8) is 0 Å². The van der Waals surface area contributed by atoms with Gasteiger partial charge in [-0.05, 0) is 43.7 Å². The Bertz CT molecular complexity index is 591. The number of amides is 2. The summed E-state index contributed by atoms with van der Waals surface area (Å²) >= 11 is 0. The van der Waals surface area contributed by atoms with Gasteiger partial charge in [-0.1, -0.05) is 38.5 Å². The van der Waals surface area contributed by atoms with Crippen molar-refractivity contribution < 1.29 is 9.59 Å². The molecule has 0 radical (unpaired) electrons. The zero-order valence-corrected chi connectivity index (χ0v) is 14.7. The highest BCUT2D eigenvalue weighted by molar-refractivity contribution is 6.13. The SMILES string of the molecule is CCCCN(C)C(=O)C1(C(=O)Nc2c(C)cccc2CC)CC1.